The van der Waals surface area contributed by atoms with Gasteiger partial charge >= 0.3 is 0 Å². The van der Waals surface area contributed by atoms with Crippen LogP contribution in [-0.4, -0.2) is 17.3 Å². The first-order chi connectivity index (χ1) is 6.25. The highest BCUT2D eigenvalue weighted by molar-refractivity contribution is 9.10. The molecule has 4 heteroatoms. The average molecular weight is 246 g/mol. The minimum atomic E-state index is -0.0995. The first-order valence-corrected chi connectivity index (χ1v) is 5.18. The maximum Gasteiger partial charge on any atom is 0.131 e. The van der Waals surface area contributed by atoms with Gasteiger partial charge in [0.05, 0.1) is 23.4 Å². The second-order valence-electron chi connectivity index (χ2n) is 3.39. The molecule has 0 unspecified atom stereocenters. The molecular weight excluding hydrogens is 234 g/mol. The highest BCUT2D eigenvalue weighted by Crippen LogP contribution is 2.22. The van der Waals surface area contributed by atoms with Crippen LogP contribution in [-0.2, 0) is 6.54 Å². The van der Waals surface area contributed by atoms with Gasteiger partial charge in [-0.3, -0.25) is 0 Å². The van der Waals surface area contributed by atoms with Crippen molar-refractivity contribution in [2.45, 2.75) is 31.5 Å². The Bertz CT molecular complexity index is 281. The van der Waals surface area contributed by atoms with Crippen LogP contribution in [0, 0.1) is 0 Å². The third-order valence-electron chi connectivity index (χ3n) is 2.36. The van der Waals surface area contributed by atoms with E-state index in [1.807, 2.05) is 6.07 Å². The molecule has 0 aromatic carbocycles. The molecule has 1 aliphatic rings. The van der Waals surface area contributed by atoms with Crippen molar-refractivity contribution in [2.75, 3.05) is 0 Å². The zero-order valence-corrected chi connectivity index (χ0v) is 8.75. The Morgan fingerprint density at radius 3 is 2.92 bits per heavy atom. The van der Waals surface area contributed by atoms with Gasteiger partial charge in [0.15, 0.2) is 0 Å². The van der Waals surface area contributed by atoms with Crippen LogP contribution in [0.1, 0.15) is 18.6 Å². The van der Waals surface area contributed by atoms with Crippen molar-refractivity contribution in [1.29, 1.82) is 0 Å². The van der Waals surface area contributed by atoms with Crippen molar-refractivity contribution >= 4 is 15.9 Å². The summed E-state index contributed by atoms with van der Waals surface area (Å²) in [6.45, 7) is 0.727. The summed E-state index contributed by atoms with van der Waals surface area (Å²) in [4.78, 5) is 0. The molecule has 0 spiro atoms. The molecule has 2 rings (SSSR count). The summed E-state index contributed by atoms with van der Waals surface area (Å²) in [5.41, 5.74) is 0. The largest absolute Gasteiger partial charge is 0.467 e. The van der Waals surface area contributed by atoms with Crippen molar-refractivity contribution in [1.82, 2.24) is 5.32 Å². The molecule has 1 fully saturated rings. The van der Waals surface area contributed by atoms with E-state index in [-0.39, 0.29) is 6.10 Å². The van der Waals surface area contributed by atoms with Crippen LogP contribution in [0.25, 0.3) is 0 Å². The Morgan fingerprint density at radius 2 is 2.38 bits per heavy atom. The Kier molecular flexibility index (Phi) is 2.71. The molecule has 1 heterocycles. The van der Waals surface area contributed by atoms with E-state index in [0.29, 0.717) is 6.04 Å². The van der Waals surface area contributed by atoms with E-state index >= 15 is 0 Å². The normalized spacial score (nSPS) is 27.2. The van der Waals surface area contributed by atoms with E-state index in [1.165, 1.54) is 0 Å². The number of aliphatic hydroxyl groups excluding tert-OH is 1. The second-order valence-corrected chi connectivity index (χ2v) is 4.25. The van der Waals surface area contributed by atoms with Gasteiger partial charge in [0.25, 0.3) is 0 Å². The minimum absolute atomic E-state index is 0.0995. The van der Waals surface area contributed by atoms with Crippen LogP contribution in [0.3, 0.4) is 0 Å². The van der Waals surface area contributed by atoms with Gasteiger partial charge in [-0.15, -0.1) is 0 Å². The Labute approximate surface area is 85.3 Å². The van der Waals surface area contributed by atoms with Crippen molar-refractivity contribution < 1.29 is 9.52 Å². The maximum atomic E-state index is 9.06. The van der Waals surface area contributed by atoms with Crippen molar-refractivity contribution in [2.24, 2.45) is 0 Å². The van der Waals surface area contributed by atoms with Gasteiger partial charge in [-0.1, -0.05) is 0 Å². The summed E-state index contributed by atoms with van der Waals surface area (Å²) in [7, 11) is 0. The first kappa shape index (κ1) is 9.24. The monoisotopic (exact) mass is 245 g/mol. The molecule has 72 valence electrons. The zero-order chi connectivity index (χ0) is 9.26. The summed E-state index contributed by atoms with van der Waals surface area (Å²) >= 11 is 3.39. The van der Waals surface area contributed by atoms with Gasteiger partial charge in [-0.05, 0) is 34.8 Å². The molecule has 1 aromatic heterocycles. The molecule has 1 aromatic rings. The van der Waals surface area contributed by atoms with E-state index in [4.69, 9.17) is 9.52 Å². The topological polar surface area (TPSA) is 45.4 Å². The van der Waals surface area contributed by atoms with E-state index in [1.54, 1.807) is 6.26 Å². The fourth-order valence-corrected chi connectivity index (χ4v) is 1.78. The predicted octanol–water partition coefficient (Wildman–Crippen LogP) is 1.65. The van der Waals surface area contributed by atoms with Crippen LogP contribution < -0.4 is 5.32 Å². The third kappa shape index (κ3) is 2.13. The number of nitrogens with one attached hydrogen (secondary N) is 1. The Morgan fingerprint density at radius 1 is 1.62 bits per heavy atom. The van der Waals surface area contributed by atoms with Gasteiger partial charge in [-0.25, -0.2) is 0 Å². The second kappa shape index (κ2) is 3.82. The average Bonchev–Trinajstić information content (AvgIpc) is 2.43. The number of hydrogen-bond donors (Lipinski definition) is 2. The molecule has 0 saturated heterocycles. The van der Waals surface area contributed by atoms with Crippen LogP contribution in [0.5, 0.6) is 0 Å². The number of aliphatic hydroxyl groups is 1. The van der Waals surface area contributed by atoms with Gasteiger partial charge in [0.2, 0.25) is 0 Å². The van der Waals surface area contributed by atoms with Gasteiger partial charge in [-0.2, -0.15) is 0 Å². The van der Waals surface area contributed by atoms with Crippen molar-refractivity contribution in [3.8, 4) is 0 Å². The molecule has 1 saturated carbocycles. The third-order valence-corrected chi connectivity index (χ3v) is 3.06. The van der Waals surface area contributed by atoms with Crippen LogP contribution in [0.2, 0.25) is 0 Å². The number of halogens is 1. The molecule has 0 bridgehead atoms. The summed E-state index contributed by atoms with van der Waals surface area (Å²) in [6, 6.07) is 2.33. The van der Waals surface area contributed by atoms with E-state index < -0.39 is 0 Å². The van der Waals surface area contributed by atoms with E-state index in [2.05, 4.69) is 21.2 Å². The Balaban J connectivity index is 1.77. The van der Waals surface area contributed by atoms with Crippen LogP contribution in [0.15, 0.2) is 21.2 Å². The number of rotatable bonds is 3. The van der Waals surface area contributed by atoms with Crippen molar-refractivity contribution in [3.05, 3.63) is 22.6 Å². The smallest absolute Gasteiger partial charge is 0.131 e. The fraction of sp³-hybridized carbons (Fsp3) is 0.556. The lowest BCUT2D eigenvalue weighted by molar-refractivity contribution is 0.0611. The lowest BCUT2D eigenvalue weighted by Gasteiger charge is -2.31. The van der Waals surface area contributed by atoms with Crippen molar-refractivity contribution in [3.63, 3.8) is 0 Å². The van der Waals surface area contributed by atoms with Crippen LogP contribution >= 0.6 is 15.9 Å². The van der Waals surface area contributed by atoms with Gasteiger partial charge in [0.1, 0.15) is 5.76 Å². The van der Waals surface area contributed by atoms with Gasteiger partial charge in [0, 0.05) is 6.04 Å². The summed E-state index contributed by atoms with van der Waals surface area (Å²) in [5.74, 6) is 0.918. The summed E-state index contributed by atoms with van der Waals surface area (Å²) in [5, 5.41) is 12.4. The quantitative estimate of drug-likeness (QED) is 0.852. The number of furan rings is 1. The molecule has 3 nitrogen and oxygen atoms in total. The summed E-state index contributed by atoms with van der Waals surface area (Å²) in [6.07, 6.45) is 3.28. The first-order valence-electron chi connectivity index (χ1n) is 4.39. The molecular formula is C9H12BrNO2. The molecule has 2 N–H and O–H groups in total. The Hall–Kier alpha value is -0.320. The highest BCUT2D eigenvalue weighted by atomic mass is 79.9. The predicted molar refractivity (Wildman–Crippen MR) is 52.3 cm³/mol. The van der Waals surface area contributed by atoms with E-state index in [9.17, 15) is 0 Å². The molecule has 13 heavy (non-hydrogen) atoms. The highest BCUT2D eigenvalue weighted by Gasteiger charge is 2.26. The molecule has 0 amide bonds. The number of hydrogen-bond acceptors (Lipinski definition) is 3. The van der Waals surface area contributed by atoms with Gasteiger partial charge < -0.3 is 14.8 Å². The minimum Gasteiger partial charge on any atom is -0.467 e. The fourth-order valence-electron chi connectivity index (χ4n) is 1.44. The molecule has 0 aliphatic heterocycles. The zero-order valence-electron chi connectivity index (χ0n) is 7.16. The van der Waals surface area contributed by atoms with E-state index in [0.717, 1.165) is 29.6 Å². The molecule has 0 radical (unpaired) electrons. The maximum absolute atomic E-state index is 9.06. The standard InChI is InChI=1S/C9H12BrNO2/c10-8-1-2-13-9(8)5-11-6-3-7(12)4-6/h1-2,6-7,11-12H,3-5H2. The molecule has 1 aliphatic carbocycles. The lowest BCUT2D eigenvalue weighted by atomic mass is 9.89. The summed E-state index contributed by atoms with van der Waals surface area (Å²) < 4.78 is 6.24. The van der Waals surface area contributed by atoms with Crippen LogP contribution in [0.4, 0.5) is 0 Å². The lowest BCUT2D eigenvalue weighted by Crippen LogP contribution is -2.43. The molecule has 0 atom stereocenters. The SMILES string of the molecule is OC1CC(NCc2occc2Br)C1.